The van der Waals surface area contributed by atoms with Crippen LogP contribution < -0.4 is 5.73 Å². The summed E-state index contributed by atoms with van der Waals surface area (Å²) < 4.78 is 0. The molecule has 110 valence electrons. The van der Waals surface area contributed by atoms with Crippen molar-refractivity contribution in [3.05, 3.63) is 0 Å². The Morgan fingerprint density at radius 2 is 2.05 bits per heavy atom. The molecule has 0 bridgehead atoms. The first-order valence-corrected chi connectivity index (χ1v) is 6.98. The largest absolute Gasteiger partial charge is 0.330 e. The number of carbonyl (C=O) groups excluding carboxylic acids is 1. The SMILES string of the molecule is COOCC(C)(C)N1C(=O)C(N)CCC2C1C2(C)C. The Balaban J connectivity index is 2.25. The van der Waals surface area contributed by atoms with E-state index >= 15 is 0 Å². The smallest absolute Gasteiger partial charge is 0.240 e. The van der Waals surface area contributed by atoms with Crippen LogP contribution in [0.1, 0.15) is 40.5 Å². The summed E-state index contributed by atoms with van der Waals surface area (Å²) in [4.78, 5) is 24.3. The lowest BCUT2D eigenvalue weighted by atomic mass is 9.98. The molecule has 5 nitrogen and oxygen atoms in total. The van der Waals surface area contributed by atoms with Gasteiger partial charge in [-0.15, -0.1) is 0 Å². The van der Waals surface area contributed by atoms with Gasteiger partial charge in [-0.3, -0.25) is 4.79 Å². The number of fused-ring (bicyclic) bond motifs is 1. The van der Waals surface area contributed by atoms with Gasteiger partial charge in [0, 0.05) is 6.04 Å². The molecule has 2 fully saturated rings. The third kappa shape index (κ3) is 2.39. The predicted octanol–water partition coefficient (Wildman–Crippen LogP) is 1.32. The van der Waals surface area contributed by atoms with Gasteiger partial charge in [-0.2, -0.15) is 0 Å². The maximum atomic E-state index is 12.6. The van der Waals surface area contributed by atoms with Gasteiger partial charge in [0.15, 0.2) is 0 Å². The van der Waals surface area contributed by atoms with E-state index in [1.54, 1.807) is 0 Å². The molecule has 0 spiro atoms. The van der Waals surface area contributed by atoms with Gasteiger partial charge < -0.3 is 10.6 Å². The minimum absolute atomic E-state index is 0.0442. The molecule has 2 N–H and O–H groups in total. The first kappa shape index (κ1) is 14.8. The van der Waals surface area contributed by atoms with Crippen LogP contribution in [0.2, 0.25) is 0 Å². The summed E-state index contributed by atoms with van der Waals surface area (Å²) in [6.07, 6.45) is 1.81. The Kier molecular flexibility index (Phi) is 3.66. The Hall–Kier alpha value is -0.650. The molecule has 19 heavy (non-hydrogen) atoms. The lowest BCUT2D eigenvalue weighted by Gasteiger charge is -2.40. The van der Waals surface area contributed by atoms with Crippen molar-refractivity contribution in [2.45, 2.75) is 58.2 Å². The maximum absolute atomic E-state index is 12.6. The Bertz CT molecular complexity index is 368. The van der Waals surface area contributed by atoms with Crippen LogP contribution in [0.3, 0.4) is 0 Å². The summed E-state index contributed by atoms with van der Waals surface area (Å²) in [5, 5.41) is 0. The van der Waals surface area contributed by atoms with Gasteiger partial charge in [0.2, 0.25) is 5.91 Å². The fourth-order valence-corrected chi connectivity index (χ4v) is 3.50. The molecule has 3 atom stereocenters. The van der Waals surface area contributed by atoms with E-state index in [1.165, 1.54) is 7.11 Å². The molecule has 0 radical (unpaired) electrons. The van der Waals surface area contributed by atoms with Crippen molar-refractivity contribution in [3.63, 3.8) is 0 Å². The van der Waals surface area contributed by atoms with E-state index < -0.39 is 5.54 Å². The second-order valence-corrected chi connectivity index (χ2v) is 7.01. The van der Waals surface area contributed by atoms with Crippen LogP contribution in [0.5, 0.6) is 0 Å². The van der Waals surface area contributed by atoms with Gasteiger partial charge in [0.05, 0.1) is 18.7 Å². The van der Waals surface area contributed by atoms with Crippen LogP contribution in [-0.2, 0) is 14.6 Å². The number of rotatable bonds is 4. The van der Waals surface area contributed by atoms with Crippen molar-refractivity contribution in [3.8, 4) is 0 Å². The highest BCUT2D eigenvalue weighted by atomic mass is 17.2. The fraction of sp³-hybridized carbons (Fsp3) is 0.929. The second-order valence-electron chi connectivity index (χ2n) is 7.01. The lowest BCUT2D eigenvalue weighted by molar-refractivity contribution is -0.287. The highest BCUT2D eigenvalue weighted by Gasteiger charge is 2.64. The quantitative estimate of drug-likeness (QED) is 0.618. The number of likely N-dealkylation sites (tertiary alicyclic amines) is 1. The van der Waals surface area contributed by atoms with Gasteiger partial charge in [-0.05, 0) is 38.0 Å². The number of hydrogen-bond acceptors (Lipinski definition) is 4. The third-order valence-electron chi connectivity index (χ3n) is 4.79. The second kappa shape index (κ2) is 4.72. The van der Waals surface area contributed by atoms with Crippen LogP contribution in [0.4, 0.5) is 0 Å². The molecule has 1 aliphatic carbocycles. The molecule has 0 aromatic rings. The van der Waals surface area contributed by atoms with Gasteiger partial charge >= 0.3 is 0 Å². The number of amides is 1. The van der Waals surface area contributed by atoms with Crippen LogP contribution in [0, 0.1) is 11.3 Å². The molecule has 0 aromatic heterocycles. The first-order valence-electron chi connectivity index (χ1n) is 6.98. The van der Waals surface area contributed by atoms with Gasteiger partial charge in [-0.1, -0.05) is 13.8 Å². The Morgan fingerprint density at radius 3 is 2.63 bits per heavy atom. The molecular formula is C14H26N2O3. The highest BCUT2D eigenvalue weighted by Crippen LogP contribution is 2.60. The van der Waals surface area contributed by atoms with Gasteiger partial charge in [0.1, 0.15) is 6.61 Å². The summed E-state index contributed by atoms with van der Waals surface area (Å²) in [6, 6.07) is -0.116. The van der Waals surface area contributed by atoms with E-state index in [0.29, 0.717) is 12.5 Å². The molecular weight excluding hydrogens is 244 g/mol. The van der Waals surface area contributed by atoms with Gasteiger partial charge in [-0.25, -0.2) is 9.78 Å². The molecule has 2 rings (SSSR count). The van der Waals surface area contributed by atoms with Crippen molar-refractivity contribution < 1.29 is 14.6 Å². The predicted molar refractivity (Wildman–Crippen MR) is 72.2 cm³/mol. The standard InChI is InChI=1S/C14H26N2O3/c1-13(2,8-19-18-5)16-11-9(14(11,3)4)6-7-10(15)12(16)17/h9-11H,6-8,15H2,1-5H3. The summed E-state index contributed by atoms with van der Waals surface area (Å²) in [6.45, 7) is 8.82. The zero-order chi connectivity index (χ0) is 14.4. The van der Waals surface area contributed by atoms with Crippen molar-refractivity contribution in [2.75, 3.05) is 13.7 Å². The van der Waals surface area contributed by atoms with Crippen LogP contribution in [-0.4, -0.2) is 42.1 Å². The van der Waals surface area contributed by atoms with Crippen molar-refractivity contribution in [1.29, 1.82) is 0 Å². The van der Waals surface area contributed by atoms with Crippen LogP contribution in [0.15, 0.2) is 0 Å². The summed E-state index contributed by atoms with van der Waals surface area (Å²) >= 11 is 0. The first-order chi connectivity index (χ1) is 8.73. The van der Waals surface area contributed by atoms with Crippen molar-refractivity contribution in [2.24, 2.45) is 17.1 Å². The third-order valence-corrected chi connectivity index (χ3v) is 4.79. The minimum atomic E-state index is -0.411. The summed E-state index contributed by atoms with van der Waals surface area (Å²) in [5.41, 5.74) is 5.77. The molecule has 1 saturated carbocycles. The van der Waals surface area contributed by atoms with E-state index in [0.717, 1.165) is 12.8 Å². The van der Waals surface area contributed by atoms with Crippen LogP contribution >= 0.6 is 0 Å². The van der Waals surface area contributed by atoms with Gasteiger partial charge in [0.25, 0.3) is 0 Å². The number of carbonyl (C=O) groups is 1. The Morgan fingerprint density at radius 1 is 1.42 bits per heavy atom. The van der Waals surface area contributed by atoms with E-state index in [9.17, 15) is 4.79 Å². The van der Waals surface area contributed by atoms with E-state index in [4.69, 9.17) is 15.5 Å². The lowest BCUT2D eigenvalue weighted by Crippen LogP contribution is -2.57. The average molecular weight is 270 g/mol. The molecule has 2 aliphatic rings. The molecule has 1 heterocycles. The molecule has 3 unspecified atom stereocenters. The van der Waals surface area contributed by atoms with E-state index in [1.807, 2.05) is 18.7 Å². The number of nitrogens with zero attached hydrogens (tertiary/aromatic N) is 1. The molecule has 0 aromatic carbocycles. The maximum Gasteiger partial charge on any atom is 0.240 e. The Labute approximate surface area is 115 Å². The van der Waals surface area contributed by atoms with E-state index in [-0.39, 0.29) is 23.4 Å². The molecule has 1 aliphatic heterocycles. The zero-order valence-corrected chi connectivity index (χ0v) is 12.6. The highest BCUT2D eigenvalue weighted by molar-refractivity contribution is 5.83. The fourth-order valence-electron chi connectivity index (χ4n) is 3.50. The van der Waals surface area contributed by atoms with Crippen LogP contribution in [0.25, 0.3) is 0 Å². The number of nitrogens with two attached hydrogens (primary N) is 1. The summed E-state index contributed by atoms with van der Waals surface area (Å²) in [5.74, 6) is 0.592. The topological polar surface area (TPSA) is 64.8 Å². The normalized spacial score (nSPS) is 33.9. The summed E-state index contributed by atoms with van der Waals surface area (Å²) in [7, 11) is 1.48. The minimum Gasteiger partial charge on any atom is -0.330 e. The van der Waals surface area contributed by atoms with E-state index in [2.05, 4.69) is 13.8 Å². The van der Waals surface area contributed by atoms with Crippen molar-refractivity contribution in [1.82, 2.24) is 4.90 Å². The number of hydrogen-bond donors (Lipinski definition) is 1. The molecule has 1 amide bonds. The molecule has 1 saturated heterocycles. The molecule has 5 heteroatoms. The average Bonchev–Trinajstić information content (AvgIpc) is 2.89. The monoisotopic (exact) mass is 270 g/mol. The van der Waals surface area contributed by atoms with Crippen molar-refractivity contribution >= 4 is 5.91 Å². The zero-order valence-electron chi connectivity index (χ0n) is 12.6.